The summed E-state index contributed by atoms with van der Waals surface area (Å²) in [5.74, 6) is 2.76. The Hall–Kier alpha value is -0.830. The minimum atomic E-state index is 0.756. The van der Waals surface area contributed by atoms with E-state index < -0.39 is 0 Å². The molecule has 0 radical (unpaired) electrons. The molecule has 0 spiro atoms. The van der Waals surface area contributed by atoms with Crippen molar-refractivity contribution in [2.24, 2.45) is 5.92 Å². The highest BCUT2D eigenvalue weighted by Crippen LogP contribution is 2.36. The molecule has 1 aliphatic carbocycles. The second kappa shape index (κ2) is 4.21. The average Bonchev–Trinajstić information content (AvgIpc) is 2.76. The minimum absolute atomic E-state index is 0.756. The van der Waals surface area contributed by atoms with Crippen LogP contribution in [0.3, 0.4) is 0 Å². The van der Waals surface area contributed by atoms with Gasteiger partial charge in [0.1, 0.15) is 5.82 Å². The van der Waals surface area contributed by atoms with Gasteiger partial charge in [-0.25, -0.2) is 4.98 Å². The zero-order valence-electron chi connectivity index (χ0n) is 10.1. The van der Waals surface area contributed by atoms with Gasteiger partial charge in [0.2, 0.25) is 0 Å². The maximum Gasteiger partial charge on any atom is 0.106 e. The average molecular weight is 219 g/mol. The second-order valence-corrected chi connectivity index (χ2v) is 5.38. The molecule has 1 saturated heterocycles. The summed E-state index contributed by atoms with van der Waals surface area (Å²) in [7, 11) is 0. The lowest BCUT2D eigenvalue weighted by Crippen LogP contribution is -2.12. The van der Waals surface area contributed by atoms with Crippen LogP contribution in [-0.4, -0.2) is 23.1 Å². The van der Waals surface area contributed by atoms with E-state index in [1.165, 1.54) is 56.0 Å². The highest BCUT2D eigenvalue weighted by molar-refractivity contribution is 5.20. The molecule has 3 nitrogen and oxygen atoms in total. The van der Waals surface area contributed by atoms with Gasteiger partial charge in [-0.1, -0.05) is 6.42 Å². The molecular formula is C13H21N3. The van der Waals surface area contributed by atoms with Gasteiger partial charge in [0.25, 0.3) is 0 Å². The van der Waals surface area contributed by atoms with E-state index in [2.05, 4.69) is 17.2 Å². The first-order chi connectivity index (χ1) is 7.83. The van der Waals surface area contributed by atoms with Gasteiger partial charge in [-0.15, -0.1) is 0 Å². The Morgan fingerprint density at radius 2 is 2.19 bits per heavy atom. The van der Waals surface area contributed by atoms with E-state index in [1.807, 2.05) is 0 Å². The molecule has 1 saturated carbocycles. The van der Waals surface area contributed by atoms with Crippen molar-refractivity contribution >= 4 is 0 Å². The monoisotopic (exact) mass is 219 g/mol. The molecule has 0 amide bonds. The van der Waals surface area contributed by atoms with Gasteiger partial charge in [-0.2, -0.15) is 0 Å². The lowest BCUT2D eigenvalue weighted by atomic mass is 9.82. The first-order valence-electron chi connectivity index (χ1n) is 6.59. The number of nitrogens with zero attached hydrogens (tertiary/aromatic N) is 1. The fraction of sp³-hybridized carbons (Fsp3) is 0.769. The van der Waals surface area contributed by atoms with E-state index >= 15 is 0 Å². The molecule has 0 aromatic carbocycles. The molecular weight excluding hydrogens is 198 g/mol. The van der Waals surface area contributed by atoms with Gasteiger partial charge in [0.15, 0.2) is 0 Å². The molecule has 2 aliphatic rings. The number of hydrogen-bond donors (Lipinski definition) is 2. The fourth-order valence-electron chi connectivity index (χ4n) is 2.88. The first-order valence-corrected chi connectivity index (χ1v) is 6.59. The van der Waals surface area contributed by atoms with Crippen LogP contribution in [0.25, 0.3) is 0 Å². The van der Waals surface area contributed by atoms with Crippen molar-refractivity contribution in [3.05, 3.63) is 17.2 Å². The third-order valence-corrected chi connectivity index (χ3v) is 4.11. The van der Waals surface area contributed by atoms with Crippen LogP contribution in [0.4, 0.5) is 0 Å². The number of aryl methyl sites for hydroxylation is 1. The third-order valence-electron chi connectivity index (χ3n) is 4.11. The molecule has 0 bridgehead atoms. The van der Waals surface area contributed by atoms with Crippen LogP contribution in [0.5, 0.6) is 0 Å². The number of aromatic amines is 1. The van der Waals surface area contributed by atoms with Crippen molar-refractivity contribution in [1.82, 2.24) is 15.3 Å². The number of imidazole rings is 1. The topological polar surface area (TPSA) is 40.7 Å². The van der Waals surface area contributed by atoms with Crippen LogP contribution < -0.4 is 5.32 Å². The molecule has 1 aromatic heterocycles. The molecule has 3 rings (SSSR count). The lowest BCUT2D eigenvalue weighted by molar-refractivity contribution is 0.410. The quantitative estimate of drug-likeness (QED) is 0.817. The molecule has 2 N–H and O–H groups in total. The maximum absolute atomic E-state index is 4.81. The number of aromatic nitrogens is 2. The number of nitrogens with one attached hydrogen (secondary N) is 2. The molecule has 1 aliphatic heterocycles. The van der Waals surface area contributed by atoms with E-state index in [0.717, 1.165) is 18.3 Å². The van der Waals surface area contributed by atoms with Gasteiger partial charge in [0, 0.05) is 18.0 Å². The Bertz CT molecular complexity index is 359. The summed E-state index contributed by atoms with van der Waals surface area (Å²) >= 11 is 0. The summed E-state index contributed by atoms with van der Waals surface area (Å²) in [6, 6.07) is 0. The van der Waals surface area contributed by atoms with Crippen molar-refractivity contribution in [3.63, 3.8) is 0 Å². The molecule has 1 aromatic rings. The van der Waals surface area contributed by atoms with Crippen LogP contribution in [0.2, 0.25) is 0 Å². The summed E-state index contributed by atoms with van der Waals surface area (Å²) in [4.78, 5) is 8.29. The third kappa shape index (κ3) is 1.88. The Kier molecular flexibility index (Phi) is 2.72. The first kappa shape index (κ1) is 10.3. The predicted molar refractivity (Wildman–Crippen MR) is 64.6 cm³/mol. The van der Waals surface area contributed by atoms with Crippen molar-refractivity contribution in [2.45, 2.75) is 44.9 Å². The van der Waals surface area contributed by atoms with Crippen LogP contribution in [0, 0.1) is 12.8 Å². The van der Waals surface area contributed by atoms with Crippen LogP contribution in [-0.2, 0) is 6.42 Å². The highest BCUT2D eigenvalue weighted by atomic mass is 15.0. The Labute approximate surface area is 97.0 Å². The highest BCUT2D eigenvalue weighted by Gasteiger charge is 2.25. The zero-order chi connectivity index (χ0) is 11.0. The molecule has 1 atom stereocenters. The van der Waals surface area contributed by atoms with E-state index in [1.54, 1.807) is 0 Å². The molecule has 88 valence electrons. The molecule has 2 heterocycles. The van der Waals surface area contributed by atoms with Crippen molar-refractivity contribution in [2.75, 3.05) is 13.1 Å². The van der Waals surface area contributed by atoms with E-state index in [9.17, 15) is 0 Å². The molecule has 16 heavy (non-hydrogen) atoms. The molecule has 3 heteroatoms. The van der Waals surface area contributed by atoms with Crippen molar-refractivity contribution in [1.29, 1.82) is 0 Å². The van der Waals surface area contributed by atoms with Crippen LogP contribution >= 0.6 is 0 Å². The van der Waals surface area contributed by atoms with Gasteiger partial charge < -0.3 is 10.3 Å². The molecule has 1 unspecified atom stereocenters. The number of rotatable bonds is 3. The van der Waals surface area contributed by atoms with Crippen molar-refractivity contribution in [3.8, 4) is 0 Å². The summed E-state index contributed by atoms with van der Waals surface area (Å²) in [6.45, 7) is 4.52. The van der Waals surface area contributed by atoms with Gasteiger partial charge >= 0.3 is 0 Å². The van der Waals surface area contributed by atoms with Gasteiger partial charge in [0.05, 0.1) is 5.69 Å². The normalized spacial score (nSPS) is 25.9. The van der Waals surface area contributed by atoms with Crippen molar-refractivity contribution < 1.29 is 0 Å². The summed E-state index contributed by atoms with van der Waals surface area (Å²) in [5, 5.41) is 3.42. The SMILES string of the molecule is Cc1[nH]c(CC2CCNC2)nc1C1CCC1. The lowest BCUT2D eigenvalue weighted by Gasteiger charge is -2.23. The van der Waals surface area contributed by atoms with E-state index in [4.69, 9.17) is 4.98 Å². The predicted octanol–water partition coefficient (Wildman–Crippen LogP) is 2.14. The Morgan fingerprint density at radius 1 is 1.31 bits per heavy atom. The van der Waals surface area contributed by atoms with E-state index in [0.29, 0.717) is 0 Å². The fourth-order valence-corrected chi connectivity index (χ4v) is 2.88. The van der Waals surface area contributed by atoms with Gasteiger partial charge in [-0.05, 0) is 45.2 Å². The zero-order valence-corrected chi connectivity index (χ0v) is 10.1. The maximum atomic E-state index is 4.81. The minimum Gasteiger partial charge on any atom is -0.346 e. The largest absolute Gasteiger partial charge is 0.346 e. The summed E-state index contributed by atoms with van der Waals surface area (Å²) < 4.78 is 0. The smallest absolute Gasteiger partial charge is 0.106 e. The van der Waals surface area contributed by atoms with Crippen LogP contribution in [0.15, 0.2) is 0 Å². The number of H-pyrrole nitrogens is 1. The second-order valence-electron chi connectivity index (χ2n) is 5.38. The number of hydrogen-bond acceptors (Lipinski definition) is 2. The Balaban J connectivity index is 1.70. The van der Waals surface area contributed by atoms with E-state index in [-0.39, 0.29) is 0 Å². The standard InChI is InChI=1S/C13H21N3/c1-9-13(11-3-2-4-11)16-12(15-9)7-10-5-6-14-8-10/h10-11,14H,2-8H2,1H3,(H,15,16). The summed E-state index contributed by atoms with van der Waals surface area (Å²) in [6.07, 6.45) is 6.50. The molecule has 2 fully saturated rings. The van der Waals surface area contributed by atoms with Gasteiger partial charge in [-0.3, -0.25) is 0 Å². The Morgan fingerprint density at radius 3 is 2.81 bits per heavy atom. The summed E-state index contributed by atoms with van der Waals surface area (Å²) in [5.41, 5.74) is 2.66. The van der Waals surface area contributed by atoms with Crippen LogP contribution in [0.1, 0.15) is 48.8 Å².